The van der Waals surface area contributed by atoms with Crippen LogP contribution in [0.5, 0.6) is 0 Å². The van der Waals surface area contributed by atoms with E-state index in [1.165, 1.54) is 0 Å². The molecule has 2 aliphatic heterocycles. The highest BCUT2D eigenvalue weighted by Gasteiger charge is 2.33. The summed E-state index contributed by atoms with van der Waals surface area (Å²) >= 11 is 0. The minimum Gasteiger partial charge on any atom is -0.393 e. The first-order valence-corrected chi connectivity index (χ1v) is 5.70. The van der Waals surface area contributed by atoms with Crippen LogP contribution in [0, 0.1) is 5.41 Å². The van der Waals surface area contributed by atoms with Crippen molar-refractivity contribution in [3.05, 3.63) is 0 Å². The molecule has 14 heavy (non-hydrogen) atoms. The van der Waals surface area contributed by atoms with Crippen molar-refractivity contribution in [3.8, 4) is 0 Å². The fraction of sp³-hybridized carbons (Fsp3) is 1.00. The van der Waals surface area contributed by atoms with Crippen LogP contribution in [0.3, 0.4) is 0 Å². The summed E-state index contributed by atoms with van der Waals surface area (Å²) in [7, 11) is 0. The molecule has 2 N–H and O–H groups in total. The zero-order valence-corrected chi connectivity index (χ0v) is 9.29. The highest BCUT2D eigenvalue weighted by molar-refractivity contribution is 4.90. The smallest absolute Gasteiger partial charge is 0.0558 e. The van der Waals surface area contributed by atoms with Crippen LogP contribution in [0.15, 0.2) is 0 Å². The van der Waals surface area contributed by atoms with E-state index in [-0.39, 0.29) is 11.5 Å². The molecule has 0 aliphatic carbocycles. The zero-order chi connectivity index (χ0) is 10.2. The topological polar surface area (TPSA) is 35.5 Å². The Morgan fingerprint density at radius 2 is 2.07 bits per heavy atom. The zero-order valence-electron chi connectivity index (χ0n) is 9.29. The number of nitrogens with one attached hydrogen (secondary N) is 1. The van der Waals surface area contributed by atoms with Gasteiger partial charge in [-0.3, -0.25) is 4.90 Å². The second-order valence-electron chi connectivity index (χ2n) is 5.59. The Balaban J connectivity index is 1.97. The summed E-state index contributed by atoms with van der Waals surface area (Å²) in [6.45, 7) is 8.99. The molecule has 0 bridgehead atoms. The number of rotatable bonds is 1. The van der Waals surface area contributed by atoms with Gasteiger partial charge >= 0.3 is 0 Å². The summed E-state index contributed by atoms with van der Waals surface area (Å²) < 4.78 is 0. The van der Waals surface area contributed by atoms with E-state index in [1.54, 1.807) is 0 Å². The molecule has 0 aromatic heterocycles. The fourth-order valence-corrected chi connectivity index (χ4v) is 2.59. The van der Waals surface area contributed by atoms with Crippen LogP contribution in [-0.2, 0) is 0 Å². The molecule has 2 rings (SSSR count). The second-order valence-corrected chi connectivity index (χ2v) is 5.59. The van der Waals surface area contributed by atoms with Gasteiger partial charge in [0.05, 0.1) is 6.10 Å². The lowest BCUT2D eigenvalue weighted by atomic mass is 9.86. The predicted molar refractivity (Wildman–Crippen MR) is 57.3 cm³/mol. The molecule has 3 heteroatoms. The molecule has 3 nitrogen and oxygen atoms in total. The maximum atomic E-state index is 9.77. The van der Waals surface area contributed by atoms with E-state index in [9.17, 15) is 5.11 Å². The molecule has 1 atom stereocenters. The van der Waals surface area contributed by atoms with Gasteiger partial charge in [0, 0.05) is 32.2 Å². The van der Waals surface area contributed by atoms with Crippen molar-refractivity contribution in [3.63, 3.8) is 0 Å². The van der Waals surface area contributed by atoms with E-state index in [2.05, 4.69) is 24.1 Å². The Hall–Kier alpha value is -0.120. The lowest BCUT2D eigenvalue weighted by Crippen LogP contribution is -2.58. The summed E-state index contributed by atoms with van der Waals surface area (Å²) in [6, 6.07) is 0.722. The number of hydrogen-bond donors (Lipinski definition) is 2. The van der Waals surface area contributed by atoms with Gasteiger partial charge in [0.15, 0.2) is 0 Å². The predicted octanol–water partition coefficient (Wildman–Crippen LogP) is 0.441. The number of aliphatic hydroxyl groups is 1. The molecular weight excluding hydrogens is 176 g/mol. The first kappa shape index (κ1) is 10.4. The average Bonchev–Trinajstić information content (AvgIpc) is 2.05. The van der Waals surface area contributed by atoms with Crippen LogP contribution >= 0.6 is 0 Å². The van der Waals surface area contributed by atoms with Crippen LogP contribution < -0.4 is 5.32 Å². The molecule has 2 saturated heterocycles. The summed E-state index contributed by atoms with van der Waals surface area (Å²) in [5.74, 6) is 0. The van der Waals surface area contributed by atoms with Gasteiger partial charge in [-0.1, -0.05) is 13.8 Å². The summed E-state index contributed by atoms with van der Waals surface area (Å²) in [5, 5.41) is 13.1. The number of hydrogen-bond acceptors (Lipinski definition) is 3. The Morgan fingerprint density at radius 3 is 2.64 bits per heavy atom. The highest BCUT2D eigenvalue weighted by atomic mass is 16.3. The van der Waals surface area contributed by atoms with Gasteiger partial charge in [-0.25, -0.2) is 0 Å². The maximum absolute atomic E-state index is 9.77. The molecule has 0 aromatic carbocycles. The Morgan fingerprint density at radius 1 is 1.36 bits per heavy atom. The first-order chi connectivity index (χ1) is 6.57. The van der Waals surface area contributed by atoms with Crippen molar-refractivity contribution in [1.29, 1.82) is 0 Å². The van der Waals surface area contributed by atoms with Crippen molar-refractivity contribution in [1.82, 2.24) is 10.2 Å². The SMILES string of the molecule is CC1(C)CC(O)CCN(C2CNC2)C1. The Kier molecular flexibility index (Phi) is 2.82. The van der Waals surface area contributed by atoms with E-state index in [0.717, 1.165) is 45.1 Å². The fourth-order valence-electron chi connectivity index (χ4n) is 2.59. The molecule has 2 fully saturated rings. The lowest BCUT2D eigenvalue weighted by molar-refractivity contribution is 0.104. The molecule has 0 amide bonds. The van der Waals surface area contributed by atoms with Crippen molar-refractivity contribution in [2.75, 3.05) is 26.2 Å². The molecule has 0 saturated carbocycles. The molecule has 2 heterocycles. The number of nitrogens with zero attached hydrogens (tertiary/aromatic N) is 1. The first-order valence-electron chi connectivity index (χ1n) is 5.70. The lowest BCUT2D eigenvalue weighted by Gasteiger charge is -2.40. The summed E-state index contributed by atoms with van der Waals surface area (Å²) in [4.78, 5) is 2.55. The Labute approximate surface area is 86.5 Å². The van der Waals surface area contributed by atoms with Crippen LogP contribution in [0.2, 0.25) is 0 Å². The van der Waals surface area contributed by atoms with Gasteiger partial charge in [0.25, 0.3) is 0 Å². The van der Waals surface area contributed by atoms with Crippen molar-refractivity contribution >= 4 is 0 Å². The van der Waals surface area contributed by atoms with Crippen LogP contribution in [0.25, 0.3) is 0 Å². The van der Waals surface area contributed by atoms with Gasteiger partial charge in [0.1, 0.15) is 0 Å². The van der Waals surface area contributed by atoms with Crippen molar-refractivity contribution in [2.24, 2.45) is 5.41 Å². The standard InChI is InChI=1S/C11H22N2O/c1-11(2)5-10(14)3-4-13(8-11)9-6-12-7-9/h9-10,12,14H,3-8H2,1-2H3. The Bertz CT molecular complexity index is 201. The monoisotopic (exact) mass is 198 g/mol. The molecule has 82 valence electrons. The molecule has 0 aromatic rings. The second kappa shape index (κ2) is 3.80. The minimum absolute atomic E-state index is 0.0944. The molecule has 2 aliphatic rings. The van der Waals surface area contributed by atoms with Crippen LogP contribution in [0.4, 0.5) is 0 Å². The largest absolute Gasteiger partial charge is 0.393 e. The van der Waals surface area contributed by atoms with E-state index in [0.29, 0.717) is 0 Å². The summed E-state index contributed by atoms with van der Waals surface area (Å²) in [6.07, 6.45) is 1.80. The number of likely N-dealkylation sites (tertiary alicyclic amines) is 1. The molecule has 0 radical (unpaired) electrons. The number of aliphatic hydroxyl groups excluding tert-OH is 1. The van der Waals surface area contributed by atoms with E-state index >= 15 is 0 Å². The third-order valence-electron chi connectivity index (χ3n) is 3.45. The quantitative estimate of drug-likeness (QED) is 0.642. The summed E-state index contributed by atoms with van der Waals surface area (Å²) in [5.41, 5.74) is 0.269. The van der Waals surface area contributed by atoms with Crippen molar-refractivity contribution < 1.29 is 5.11 Å². The van der Waals surface area contributed by atoms with Gasteiger partial charge in [-0.05, 0) is 18.3 Å². The molecule has 0 spiro atoms. The average molecular weight is 198 g/mol. The van der Waals surface area contributed by atoms with Gasteiger partial charge in [0.2, 0.25) is 0 Å². The van der Waals surface area contributed by atoms with E-state index in [1.807, 2.05) is 0 Å². The maximum Gasteiger partial charge on any atom is 0.0558 e. The van der Waals surface area contributed by atoms with E-state index < -0.39 is 0 Å². The normalized spacial score (nSPS) is 34.9. The molecule has 1 unspecified atom stereocenters. The van der Waals surface area contributed by atoms with E-state index in [4.69, 9.17) is 0 Å². The van der Waals surface area contributed by atoms with Crippen LogP contribution in [0.1, 0.15) is 26.7 Å². The highest BCUT2D eigenvalue weighted by Crippen LogP contribution is 2.29. The third kappa shape index (κ3) is 2.27. The molecular formula is C11H22N2O. The van der Waals surface area contributed by atoms with Gasteiger partial charge in [-0.2, -0.15) is 0 Å². The van der Waals surface area contributed by atoms with Gasteiger partial charge < -0.3 is 10.4 Å². The van der Waals surface area contributed by atoms with Crippen LogP contribution in [-0.4, -0.2) is 48.3 Å². The van der Waals surface area contributed by atoms with Crippen molar-refractivity contribution in [2.45, 2.75) is 38.8 Å². The third-order valence-corrected chi connectivity index (χ3v) is 3.45. The van der Waals surface area contributed by atoms with Gasteiger partial charge in [-0.15, -0.1) is 0 Å². The minimum atomic E-state index is -0.0944.